The molecule has 2 saturated carbocycles. The molecular formula is C16H22ClN3O. The van der Waals surface area contributed by atoms with Crippen molar-refractivity contribution in [3.8, 4) is 0 Å². The van der Waals surface area contributed by atoms with Crippen LogP contribution in [0.1, 0.15) is 61.3 Å². The monoisotopic (exact) mass is 307 g/mol. The number of nitrogens with one attached hydrogen (secondary N) is 1. The minimum absolute atomic E-state index is 0.211. The number of carbonyl (C=O) groups is 1. The minimum Gasteiger partial charge on any atom is -0.365 e. The molecule has 0 saturated heterocycles. The predicted molar refractivity (Wildman–Crippen MR) is 82.2 cm³/mol. The van der Waals surface area contributed by atoms with Gasteiger partial charge in [-0.25, -0.2) is 0 Å². The van der Waals surface area contributed by atoms with Gasteiger partial charge < -0.3 is 10.3 Å². The van der Waals surface area contributed by atoms with Crippen LogP contribution in [-0.2, 0) is 0 Å². The summed E-state index contributed by atoms with van der Waals surface area (Å²) in [5.41, 5.74) is 5.82. The van der Waals surface area contributed by atoms with Crippen LogP contribution in [0.3, 0.4) is 0 Å². The van der Waals surface area contributed by atoms with Crippen LogP contribution in [0.2, 0.25) is 5.02 Å². The van der Waals surface area contributed by atoms with Crippen LogP contribution >= 0.6 is 11.6 Å². The molecule has 3 N–H and O–H groups in total. The molecule has 3 atom stereocenters. The summed E-state index contributed by atoms with van der Waals surface area (Å²) in [4.78, 5) is 11.5. The SMILES string of the molecule is N=c1c(C(N)=O)cc(Cl)cn1C1CCCC2CCCCC21. The first-order valence-corrected chi connectivity index (χ1v) is 8.22. The third-order valence-corrected chi connectivity index (χ3v) is 5.42. The van der Waals surface area contributed by atoms with Gasteiger partial charge in [-0.2, -0.15) is 0 Å². The van der Waals surface area contributed by atoms with Crippen molar-refractivity contribution in [3.05, 3.63) is 28.3 Å². The Morgan fingerprint density at radius 1 is 1.24 bits per heavy atom. The number of amides is 1. The number of nitrogens with two attached hydrogens (primary N) is 1. The van der Waals surface area contributed by atoms with Crippen molar-refractivity contribution < 1.29 is 4.79 Å². The van der Waals surface area contributed by atoms with E-state index in [2.05, 4.69) is 0 Å². The molecule has 3 rings (SSSR count). The van der Waals surface area contributed by atoms with Crippen molar-refractivity contribution in [2.24, 2.45) is 17.6 Å². The number of halogens is 1. The van der Waals surface area contributed by atoms with Gasteiger partial charge in [0.15, 0.2) is 0 Å². The summed E-state index contributed by atoms with van der Waals surface area (Å²) in [5, 5.41) is 8.80. The lowest BCUT2D eigenvalue weighted by molar-refractivity contribution is 0.0983. The Morgan fingerprint density at radius 3 is 2.71 bits per heavy atom. The van der Waals surface area contributed by atoms with Crippen molar-refractivity contribution >= 4 is 17.5 Å². The summed E-state index contributed by atoms with van der Waals surface area (Å²) < 4.78 is 1.91. The molecule has 1 heterocycles. The van der Waals surface area contributed by atoms with E-state index in [9.17, 15) is 4.79 Å². The molecule has 2 fully saturated rings. The van der Waals surface area contributed by atoms with Crippen molar-refractivity contribution in [1.82, 2.24) is 4.57 Å². The van der Waals surface area contributed by atoms with Crippen LogP contribution in [0.15, 0.2) is 12.3 Å². The fourth-order valence-electron chi connectivity index (χ4n) is 4.28. The fourth-order valence-corrected chi connectivity index (χ4v) is 4.49. The van der Waals surface area contributed by atoms with Gasteiger partial charge in [-0.3, -0.25) is 10.2 Å². The summed E-state index contributed by atoms with van der Waals surface area (Å²) in [6.45, 7) is 0. The number of aromatic nitrogens is 1. The number of fused-ring (bicyclic) bond motifs is 1. The molecule has 4 nitrogen and oxygen atoms in total. The Balaban J connectivity index is 2.02. The molecule has 0 bridgehead atoms. The van der Waals surface area contributed by atoms with Crippen LogP contribution in [-0.4, -0.2) is 10.5 Å². The van der Waals surface area contributed by atoms with Gasteiger partial charge in [0, 0.05) is 12.2 Å². The fraction of sp³-hybridized carbons (Fsp3) is 0.625. The molecule has 1 amide bonds. The van der Waals surface area contributed by atoms with Crippen LogP contribution in [0.5, 0.6) is 0 Å². The maximum atomic E-state index is 11.5. The number of primary amides is 1. The van der Waals surface area contributed by atoms with Crippen LogP contribution < -0.4 is 11.2 Å². The highest BCUT2D eigenvalue weighted by atomic mass is 35.5. The molecule has 2 aliphatic rings. The van der Waals surface area contributed by atoms with E-state index >= 15 is 0 Å². The van der Waals surface area contributed by atoms with E-state index in [-0.39, 0.29) is 17.1 Å². The van der Waals surface area contributed by atoms with Gasteiger partial charge in [-0.1, -0.05) is 43.7 Å². The first kappa shape index (κ1) is 14.6. The molecule has 21 heavy (non-hydrogen) atoms. The van der Waals surface area contributed by atoms with Gasteiger partial charge in [0.25, 0.3) is 5.91 Å². The number of pyridine rings is 1. The molecular weight excluding hydrogens is 286 g/mol. The Bertz CT molecular complexity index is 608. The quantitative estimate of drug-likeness (QED) is 0.865. The van der Waals surface area contributed by atoms with E-state index in [0.717, 1.165) is 12.3 Å². The van der Waals surface area contributed by atoms with Gasteiger partial charge in [0.2, 0.25) is 0 Å². The Hall–Kier alpha value is -1.29. The molecule has 0 spiro atoms. The molecule has 5 heteroatoms. The van der Waals surface area contributed by atoms with Crippen molar-refractivity contribution in [1.29, 1.82) is 5.41 Å². The lowest BCUT2D eigenvalue weighted by atomic mass is 9.68. The third-order valence-electron chi connectivity index (χ3n) is 5.22. The van der Waals surface area contributed by atoms with E-state index in [1.165, 1.54) is 44.6 Å². The van der Waals surface area contributed by atoms with Crippen molar-refractivity contribution in [3.63, 3.8) is 0 Å². The van der Waals surface area contributed by atoms with E-state index in [1.54, 1.807) is 6.20 Å². The minimum atomic E-state index is -0.577. The first-order chi connectivity index (χ1) is 10.1. The Labute approximate surface area is 129 Å². The topological polar surface area (TPSA) is 71.9 Å². The zero-order valence-corrected chi connectivity index (χ0v) is 12.9. The van der Waals surface area contributed by atoms with Crippen LogP contribution in [0.25, 0.3) is 0 Å². The standard InChI is InChI=1S/C16H22ClN3O/c17-11-8-13(16(19)21)15(18)20(9-11)14-7-3-5-10-4-1-2-6-12(10)14/h8-10,12,14,18H,1-7H2,(H2,19,21). The average molecular weight is 308 g/mol. The molecule has 2 aliphatic carbocycles. The van der Waals surface area contributed by atoms with Crippen molar-refractivity contribution in [2.75, 3.05) is 0 Å². The molecule has 114 valence electrons. The maximum absolute atomic E-state index is 11.5. The normalized spacial score (nSPS) is 28.9. The molecule has 1 aromatic heterocycles. The summed E-state index contributed by atoms with van der Waals surface area (Å²) in [6, 6.07) is 1.79. The average Bonchev–Trinajstić information content (AvgIpc) is 2.48. The molecule has 1 aromatic rings. The lowest BCUT2D eigenvalue weighted by Crippen LogP contribution is -2.39. The Kier molecular flexibility index (Phi) is 4.07. The number of carbonyl (C=O) groups excluding carboxylic acids is 1. The van der Waals surface area contributed by atoms with Gasteiger partial charge >= 0.3 is 0 Å². The zero-order chi connectivity index (χ0) is 15.0. The van der Waals surface area contributed by atoms with Crippen LogP contribution in [0, 0.1) is 17.2 Å². The number of hydrogen-bond donors (Lipinski definition) is 2. The van der Waals surface area contributed by atoms with Gasteiger partial charge in [0.1, 0.15) is 5.49 Å². The summed E-state index contributed by atoms with van der Waals surface area (Å²) in [6.07, 6.45) is 10.5. The van der Waals surface area contributed by atoms with E-state index in [4.69, 9.17) is 22.7 Å². The maximum Gasteiger partial charge on any atom is 0.252 e. The summed E-state index contributed by atoms with van der Waals surface area (Å²) in [5.74, 6) is 0.799. The molecule has 0 radical (unpaired) electrons. The van der Waals surface area contributed by atoms with Gasteiger partial charge in [-0.15, -0.1) is 0 Å². The van der Waals surface area contributed by atoms with Crippen LogP contribution in [0.4, 0.5) is 0 Å². The first-order valence-electron chi connectivity index (χ1n) is 7.84. The highest BCUT2D eigenvalue weighted by molar-refractivity contribution is 6.30. The second kappa shape index (κ2) is 5.84. The molecule has 3 unspecified atom stereocenters. The smallest absolute Gasteiger partial charge is 0.252 e. The van der Waals surface area contributed by atoms with E-state index < -0.39 is 5.91 Å². The third kappa shape index (κ3) is 2.73. The second-order valence-corrected chi connectivity index (χ2v) is 6.84. The summed E-state index contributed by atoms with van der Waals surface area (Å²) >= 11 is 6.15. The van der Waals surface area contributed by atoms with Gasteiger partial charge in [-0.05, 0) is 30.7 Å². The molecule has 0 aliphatic heterocycles. The van der Waals surface area contributed by atoms with E-state index in [0.29, 0.717) is 10.9 Å². The number of nitrogens with zero attached hydrogens (tertiary/aromatic N) is 1. The van der Waals surface area contributed by atoms with Crippen molar-refractivity contribution in [2.45, 2.75) is 51.0 Å². The number of hydrogen-bond acceptors (Lipinski definition) is 2. The van der Waals surface area contributed by atoms with E-state index in [1.807, 2.05) is 4.57 Å². The number of rotatable bonds is 2. The predicted octanol–water partition coefficient (Wildman–Crippen LogP) is 3.25. The van der Waals surface area contributed by atoms with Gasteiger partial charge in [0.05, 0.1) is 10.6 Å². The Morgan fingerprint density at radius 2 is 1.95 bits per heavy atom. The second-order valence-electron chi connectivity index (χ2n) is 6.40. The zero-order valence-electron chi connectivity index (χ0n) is 12.1. The lowest BCUT2D eigenvalue weighted by Gasteiger charge is -2.42. The highest BCUT2D eigenvalue weighted by Gasteiger charge is 2.36. The highest BCUT2D eigenvalue weighted by Crippen LogP contribution is 2.45. The molecule has 0 aromatic carbocycles. The summed E-state index contributed by atoms with van der Waals surface area (Å²) in [7, 11) is 0. The largest absolute Gasteiger partial charge is 0.365 e.